The van der Waals surface area contributed by atoms with Crippen molar-refractivity contribution in [1.29, 1.82) is 0 Å². The molecule has 1 aromatic rings. The maximum atomic E-state index is 12.1. The van der Waals surface area contributed by atoms with E-state index in [0.717, 1.165) is 19.4 Å². The number of anilines is 1. The van der Waals surface area contributed by atoms with Crippen molar-refractivity contribution in [3.63, 3.8) is 0 Å². The number of hydrogen-bond donors (Lipinski definition) is 2. The van der Waals surface area contributed by atoms with E-state index in [1.807, 2.05) is 0 Å². The molecule has 2 N–H and O–H groups in total. The molecule has 110 valence electrons. The molecule has 1 unspecified atom stereocenters. The molecule has 0 aliphatic carbocycles. The molecule has 2 amide bonds. The summed E-state index contributed by atoms with van der Waals surface area (Å²) in [6, 6.07) is 5.42. The first kappa shape index (κ1) is 14.5. The largest absolute Gasteiger partial charge is 0.435 e. The van der Waals surface area contributed by atoms with Gasteiger partial charge in [0.05, 0.1) is 6.10 Å². The van der Waals surface area contributed by atoms with E-state index in [-0.39, 0.29) is 11.9 Å². The van der Waals surface area contributed by atoms with Gasteiger partial charge in [0.1, 0.15) is 5.75 Å². The summed E-state index contributed by atoms with van der Waals surface area (Å²) in [6.07, 6.45) is 1.98. The quantitative estimate of drug-likeness (QED) is 0.874. The number of rotatable bonds is 5. The Morgan fingerprint density at radius 1 is 1.50 bits per heavy atom. The molecule has 1 aliphatic heterocycles. The van der Waals surface area contributed by atoms with E-state index < -0.39 is 12.6 Å². The Hall–Kier alpha value is -1.89. The Balaban J connectivity index is 1.80. The number of hydrogen-bond acceptors (Lipinski definition) is 3. The molecule has 1 saturated heterocycles. The van der Waals surface area contributed by atoms with Gasteiger partial charge in [-0.3, -0.25) is 0 Å². The van der Waals surface area contributed by atoms with Crippen LogP contribution in [0.1, 0.15) is 12.8 Å². The zero-order valence-corrected chi connectivity index (χ0v) is 10.8. The predicted molar refractivity (Wildman–Crippen MR) is 69.1 cm³/mol. The van der Waals surface area contributed by atoms with E-state index in [0.29, 0.717) is 12.2 Å². The number of halogens is 2. The molecule has 1 atom stereocenters. The monoisotopic (exact) mass is 286 g/mol. The summed E-state index contributed by atoms with van der Waals surface area (Å²) < 4.78 is 33.8. The van der Waals surface area contributed by atoms with Gasteiger partial charge in [0.15, 0.2) is 0 Å². The minimum absolute atomic E-state index is 0.00285. The van der Waals surface area contributed by atoms with Gasteiger partial charge in [0.25, 0.3) is 0 Å². The third-order valence-corrected chi connectivity index (χ3v) is 2.83. The minimum atomic E-state index is -2.89. The number of alkyl halides is 2. The smallest absolute Gasteiger partial charge is 0.387 e. The summed E-state index contributed by atoms with van der Waals surface area (Å²) in [4.78, 5) is 11.6. The molecule has 7 heteroatoms. The van der Waals surface area contributed by atoms with Crippen LogP contribution < -0.4 is 15.4 Å². The number of benzene rings is 1. The van der Waals surface area contributed by atoms with Crippen LogP contribution in [0.3, 0.4) is 0 Å². The van der Waals surface area contributed by atoms with Crippen LogP contribution in [-0.2, 0) is 4.74 Å². The molecule has 1 aliphatic rings. The molecular formula is C13H16F2N2O3. The van der Waals surface area contributed by atoms with Crippen LogP contribution in [0.4, 0.5) is 19.3 Å². The van der Waals surface area contributed by atoms with Gasteiger partial charge < -0.3 is 20.1 Å². The molecule has 1 fully saturated rings. The van der Waals surface area contributed by atoms with Crippen molar-refractivity contribution in [3.8, 4) is 5.75 Å². The number of amides is 2. The van der Waals surface area contributed by atoms with Crippen molar-refractivity contribution in [2.45, 2.75) is 25.6 Å². The average molecular weight is 286 g/mol. The number of nitrogens with one attached hydrogen (secondary N) is 2. The second-order valence-corrected chi connectivity index (χ2v) is 4.38. The third kappa shape index (κ3) is 4.65. The summed E-state index contributed by atoms with van der Waals surface area (Å²) in [5.74, 6) is -0.00285. The predicted octanol–water partition coefficient (Wildman–Crippen LogP) is 2.59. The van der Waals surface area contributed by atoms with Crippen LogP contribution in [0, 0.1) is 0 Å². The molecule has 1 heterocycles. The average Bonchev–Trinajstić information content (AvgIpc) is 2.89. The highest BCUT2D eigenvalue weighted by atomic mass is 19.3. The Bertz CT molecular complexity index is 451. The van der Waals surface area contributed by atoms with Crippen molar-refractivity contribution in [1.82, 2.24) is 5.32 Å². The highest BCUT2D eigenvalue weighted by Crippen LogP contribution is 2.19. The molecule has 1 aromatic carbocycles. The Morgan fingerprint density at radius 2 is 2.35 bits per heavy atom. The van der Waals surface area contributed by atoms with E-state index in [1.54, 1.807) is 6.07 Å². The Labute approximate surface area is 115 Å². The standard InChI is InChI=1S/C13H16F2N2O3/c14-12(15)20-10-4-1-3-9(7-10)17-13(18)16-8-11-5-2-6-19-11/h1,3-4,7,11-12H,2,5-6,8H2,(H2,16,17,18). The van der Waals surface area contributed by atoms with Crippen LogP contribution in [0.15, 0.2) is 24.3 Å². The van der Waals surface area contributed by atoms with Gasteiger partial charge in [-0.15, -0.1) is 0 Å². The van der Waals surface area contributed by atoms with Crippen LogP contribution in [0.25, 0.3) is 0 Å². The SMILES string of the molecule is O=C(NCC1CCCO1)Nc1cccc(OC(F)F)c1. The lowest BCUT2D eigenvalue weighted by atomic mass is 10.2. The lowest BCUT2D eigenvalue weighted by Gasteiger charge is -2.12. The number of ether oxygens (including phenoxy) is 2. The molecular weight excluding hydrogens is 270 g/mol. The Morgan fingerprint density at radius 3 is 3.05 bits per heavy atom. The highest BCUT2D eigenvalue weighted by Gasteiger charge is 2.16. The fourth-order valence-electron chi connectivity index (χ4n) is 1.94. The molecule has 0 spiro atoms. The molecule has 0 bridgehead atoms. The van der Waals surface area contributed by atoms with Gasteiger partial charge >= 0.3 is 12.6 Å². The topological polar surface area (TPSA) is 59.6 Å². The second kappa shape index (κ2) is 7.04. The zero-order chi connectivity index (χ0) is 14.4. The fraction of sp³-hybridized carbons (Fsp3) is 0.462. The second-order valence-electron chi connectivity index (χ2n) is 4.38. The fourth-order valence-corrected chi connectivity index (χ4v) is 1.94. The summed E-state index contributed by atoms with van der Waals surface area (Å²) in [6.45, 7) is -1.74. The third-order valence-electron chi connectivity index (χ3n) is 2.83. The van der Waals surface area contributed by atoms with Gasteiger partial charge in [0, 0.05) is 24.9 Å². The maximum absolute atomic E-state index is 12.1. The van der Waals surface area contributed by atoms with Gasteiger partial charge in [-0.05, 0) is 25.0 Å². The summed E-state index contributed by atoms with van der Waals surface area (Å²) >= 11 is 0. The van der Waals surface area contributed by atoms with E-state index in [1.165, 1.54) is 18.2 Å². The molecule has 0 aromatic heterocycles. The molecule has 5 nitrogen and oxygen atoms in total. The first-order valence-corrected chi connectivity index (χ1v) is 6.35. The summed E-state index contributed by atoms with van der Waals surface area (Å²) in [5.41, 5.74) is 0.382. The van der Waals surface area contributed by atoms with Crippen molar-refractivity contribution in [2.75, 3.05) is 18.5 Å². The lowest BCUT2D eigenvalue weighted by Crippen LogP contribution is -2.35. The van der Waals surface area contributed by atoms with Crippen molar-refractivity contribution in [2.24, 2.45) is 0 Å². The first-order valence-electron chi connectivity index (χ1n) is 6.35. The normalized spacial score (nSPS) is 18.1. The van der Waals surface area contributed by atoms with E-state index in [4.69, 9.17) is 4.74 Å². The van der Waals surface area contributed by atoms with Gasteiger partial charge in [-0.1, -0.05) is 6.07 Å². The minimum Gasteiger partial charge on any atom is -0.435 e. The first-order chi connectivity index (χ1) is 9.63. The van der Waals surface area contributed by atoms with E-state index >= 15 is 0 Å². The van der Waals surface area contributed by atoms with Crippen molar-refractivity contribution < 1.29 is 23.0 Å². The van der Waals surface area contributed by atoms with Crippen LogP contribution in [-0.4, -0.2) is 31.9 Å². The maximum Gasteiger partial charge on any atom is 0.387 e. The Kier molecular flexibility index (Phi) is 5.11. The lowest BCUT2D eigenvalue weighted by molar-refractivity contribution is -0.0497. The number of urea groups is 1. The number of carbonyl (C=O) groups is 1. The molecule has 0 radical (unpaired) electrons. The van der Waals surface area contributed by atoms with Crippen LogP contribution >= 0.6 is 0 Å². The van der Waals surface area contributed by atoms with Crippen molar-refractivity contribution >= 4 is 11.7 Å². The highest BCUT2D eigenvalue weighted by molar-refractivity contribution is 5.89. The van der Waals surface area contributed by atoms with Crippen molar-refractivity contribution in [3.05, 3.63) is 24.3 Å². The van der Waals surface area contributed by atoms with Crippen LogP contribution in [0.5, 0.6) is 5.75 Å². The zero-order valence-electron chi connectivity index (χ0n) is 10.8. The molecule has 0 saturated carbocycles. The van der Waals surface area contributed by atoms with Gasteiger partial charge in [-0.2, -0.15) is 8.78 Å². The van der Waals surface area contributed by atoms with Gasteiger partial charge in [-0.25, -0.2) is 4.79 Å². The van der Waals surface area contributed by atoms with E-state index in [9.17, 15) is 13.6 Å². The summed E-state index contributed by atoms with van der Waals surface area (Å²) in [7, 11) is 0. The van der Waals surface area contributed by atoms with E-state index in [2.05, 4.69) is 15.4 Å². The molecule has 20 heavy (non-hydrogen) atoms. The molecule has 2 rings (SSSR count). The van der Waals surface area contributed by atoms with Crippen LogP contribution in [0.2, 0.25) is 0 Å². The van der Waals surface area contributed by atoms with Gasteiger partial charge in [0.2, 0.25) is 0 Å². The summed E-state index contributed by atoms with van der Waals surface area (Å²) in [5, 5.41) is 5.22. The number of carbonyl (C=O) groups excluding carboxylic acids is 1.